The zero-order valence-corrected chi connectivity index (χ0v) is 11.8. The molecule has 3 heteroatoms. The van der Waals surface area contributed by atoms with E-state index in [0.717, 1.165) is 11.1 Å². The summed E-state index contributed by atoms with van der Waals surface area (Å²) in [6, 6.07) is 14.6. The van der Waals surface area contributed by atoms with Crippen molar-refractivity contribution in [3.63, 3.8) is 0 Å². The molecule has 0 saturated heterocycles. The Bertz CT molecular complexity index is 554. The molecule has 0 aliphatic heterocycles. The molecule has 0 saturated carbocycles. The van der Waals surface area contributed by atoms with Gasteiger partial charge in [0.15, 0.2) is 0 Å². The molecular formula is C17H20FNO. The first kappa shape index (κ1) is 14.5. The van der Waals surface area contributed by atoms with Crippen molar-refractivity contribution < 1.29 is 9.13 Å². The van der Waals surface area contributed by atoms with Gasteiger partial charge >= 0.3 is 0 Å². The summed E-state index contributed by atoms with van der Waals surface area (Å²) in [6.45, 7) is 3.85. The minimum absolute atomic E-state index is 0.00352. The van der Waals surface area contributed by atoms with Crippen LogP contribution in [0.25, 0.3) is 0 Å². The zero-order chi connectivity index (χ0) is 14.5. The van der Waals surface area contributed by atoms with Crippen molar-refractivity contribution in [2.75, 3.05) is 0 Å². The second-order valence-electron chi connectivity index (χ2n) is 5.15. The highest BCUT2D eigenvalue weighted by atomic mass is 19.1. The summed E-state index contributed by atoms with van der Waals surface area (Å²) in [7, 11) is 0. The SMILES string of the molecule is CC(N)Cc1cc(F)cc(OC(C)c2ccccc2)c1. The van der Waals surface area contributed by atoms with Crippen LogP contribution in [0.1, 0.15) is 31.1 Å². The lowest BCUT2D eigenvalue weighted by Crippen LogP contribution is -2.17. The molecule has 2 rings (SSSR count). The lowest BCUT2D eigenvalue weighted by molar-refractivity contribution is 0.225. The van der Waals surface area contributed by atoms with E-state index in [2.05, 4.69) is 0 Å². The number of ether oxygens (including phenoxy) is 1. The minimum Gasteiger partial charge on any atom is -0.486 e. The topological polar surface area (TPSA) is 35.2 Å². The second-order valence-corrected chi connectivity index (χ2v) is 5.15. The molecule has 2 N–H and O–H groups in total. The maximum absolute atomic E-state index is 13.6. The molecule has 2 aromatic carbocycles. The van der Waals surface area contributed by atoms with Crippen LogP contribution in [-0.4, -0.2) is 6.04 Å². The van der Waals surface area contributed by atoms with Crippen LogP contribution in [0.3, 0.4) is 0 Å². The third kappa shape index (κ3) is 4.07. The van der Waals surface area contributed by atoms with Gasteiger partial charge in [0.25, 0.3) is 0 Å². The zero-order valence-electron chi connectivity index (χ0n) is 11.8. The number of halogens is 1. The largest absolute Gasteiger partial charge is 0.486 e. The quantitative estimate of drug-likeness (QED) is 0.898. The summed E-state index contributed by atoms with van der Waals surface area (Å²) < 4.78 is 19.4. The van der Waals surface area contributed by atoms with E-state index in [1.54, 1.807) is 0 Å². The molecule has 2 nitrogen and oxygen atoms in total. The summed E-state index contributed by atoms with van der Waals surface area (Å²) in [5.41, 5.74) is 7.67. The smallest absolute Gasteiger partial charge is 0.127 e. The van der Waals surface area contributed by atoms with E-state index in [-0.39, 0.29) is 18.0 Å². The van der Waals surface area contributed by atoms with Gasteiger partial charge < -0.3 is 10.5 Å². The van der Waals surface area contributed by atoms with Crippen LogP contribution in [0.4, 0.5) is 4.39 Å². The number of rotatable bonds is 5. The highest BCUT2D eigenvalue weighted by molar-refractivity contribution is 5.31. The lowest BCUT2D eigenvalue weighted by Gasteiger charge is -2.16. The Morgan fingerprint density at radius 2 is 1.80 bits per heavy atom. The predicted molar refractivity (Wildman–Crippen MR) is 79.2 cm³/mol. The Labute approximate surface area is 119 Å². The summed E-state index contributed by atoms with van der Waals surface area (Å²) in [5, 5.41) is 0. The Morgan fingerprint density at radius 3 is 2.45 bits per heavy atom. The van der Waals surface area contributed by atoms with Gasteiger partial charge in [0, 0.05) is 12.1 Å². The predicted octanol–water partition coefficient (Wildman–Crippen LogP) is 3.86. The highest BCUT2D eigenvalue weighted by Gasteiger charge is 2.09. The summed E-state index contributed by atoms with van der Waals surface area (Å²) in [5.74, 6) is 0.246. The maximum atomic E-state index is 13.6. The highest BCUT2D eigenvalue weighted by Crippen LogP contribution is 2.24. The van der Waals surface area contributed by atoms with Crippen molar-refractivity contribution in [3.8, 4) is 5.75 Å². The average molecular weight is 273 g/mol. The summed E-state index contributed by atoms with van der Waals surface area (Å²) in [6.07, 6.45) is 0.509. The van der Waals surface area contributed by atoms with Crippen molar-refractivity contribution >= 4 is 0 Å². The molecule has 106 valence electrons. The van der Waals surface area contributed by atoms with E-state index in [1.165, 1.54) is 12.1 Å². The lowest BCUT2D eigenvalue weighted by atomic mass is 10.1. The van der Waals surface area contributed by atoms with Gasteiger partial charge in [-0.25, -0.2) is 4.39 Å². The fourth-order valence-electron chi connectivity index (χ4n) is 2.17. The molecule has 0 aliphatic carbocycles. The molecule has 0 radical (unpaired) electrons. The molecule has 2 atom stereocenters. The third-order valence-corrected chi connectivity index (χ3v) is 3.07. The van der Waals surface area contributed by atoms with Crippen molar-refractivity contribution in [2.24, 2.45) is 5.73 Å². The Kier molecular flexibility index (Phi) is 4.74. The number of hydrogen-bond acceptors (Lipinski definition) is 2. The molecule has 2 unspecified atom stereocenters. The van der Waals surface area contributed by atoms with Gasteiger partial charge in [0.2, 0.25) is 0 Å². The van der Waals surface area contributed by atoms with Crippen LogP contribution < -0.4 is 10.5 Å². The van der Waals surface area contributed by atoms with Gasteiger partial charge in [-0.1, -0.05) is 30.3 Å². The van der Waals surface area contributed by atoms with Crippen LogP contribution in [0, 0.1) is 5.82 Å². The summed E-state index contributed by atoms with van der Waals surface area (Å²) >= 11 is 0. The Balaban J connectivity index is 2.14. The van der Waals surface area contributed by atoms with Gasteiger partial charge in [-0.3, -0.25) is 0 Å². The van der Waals surface area contributed by atoms with E-state index in [1.807, 2.05) is 50.2 Å². The van der Waals surface area contributed by atoms with Crippen molar-refractivity contribution in [1.29, 1.82) is 0 Å². The normalized spacial score (nSPS) is 13.8. The molecule has 0 heterocycles. The van der Waals surface area contributed by atoms with Gasteiger partial charge in [0.05, 0.1) is 0 Å². The molecule has 0 aliphatic rings. The van der Waals surface area contributed by atoms with Crippen molar-refractivity contribution in [3.05, 3.63) is 65.5 Å². The molecule has 0 amide bonds. The Hall–Kier alpha value is -1.87. The van der Waals surface area contributed by atoms with Crippen LogP contribution in [0.5, 0.6) is 5.75 Å². The average Bonchev–Trinajstić information content (AvgIpc) is 2.38. The second kappa shape index (κ2) is 6.53. The van der Waals surface area contributed by atoms with Crippen LogP contribution >= 0.6 is 0 Å². The first-order valence-electron chi connectivity index (χ1n) is 6.81. The van der Waals surface area contributed by atoms with Crippen LogP contribution in [0.2, 0.25) is 0 Å². The Morgan fingerprint density at radius 1 is 1.10 bits per heavy atom. The first-order chi connectivity index (χ1) is 9.54. The fourth-order valence-corrected chi connectivity index (χ4v) is 2.17. The fraction of sp³-hybridized carbons (Fsp3) is 0.294. The molecule has 20 heavy (non-hydrogen) atoms. The molecular weight excluding hydrogens is 253 g/mol. The monoisotopic (exact) mass is 273 g/mol. The molecule has 0 fully saturated rings. The van der Waals surface area contributed by atoms with Gasteiger partial charge in [-0.2, -0.15) is 0 Å². The van der Waals surface area contributed by atoms with Gasteiger partial charge in [-0.05, 0) is 43.5 Å². The third-order valence-electron chi connectivity index (χ3n) is 3.07. The molecule has 0 spiro atoms. The van der Waals surface area contributed by atoms with E-state index in [4.69, 9.17) is 10.5 Å². The van der Waals surface area contributed by atoms with Crippen LogP contribution in [0.15, 0.2) is 48.5 Å². The molecule has 0 bridgehead atoms. The number of hydrogen-bond donors (Lipinski definition) is 1. The van der Waals surface area contributed by atoms with Crippen molar-refractivity contribution in [2.45, 2.75) is 32.4 Å². The van der Waals surface area contributed by atoms with Crippen molar-refractivity contribution in [1.82, 2.24) is 0 Å². The van der Waals surface area contributed by atoms with E-state index < -0.39 is 0 Å². The molecule has 2 aromatic rings. The maximum Gasteiger partial charge on any atom is 0.127 e. The van der Waals surface area contributed by atoms with E-state index >= 15 is 0 Å². The van der Waals surface area contributed by atoms with E-state index in [9.17, 15) is 4.39 Å². The number of benzene rings is 2. The minimum atomic E-state index is -0.293. The van der Waals surface area contributed by atoms with Gasteiger partial charge in [0.1, 0.15) is 17.7 Å². The van der Waals surface area contributed by atoms with Gasteiger partial charge in [-0.15, -0.1) is 0 Å². The summed E-state index contributed by atoms with van der Waals surface area (Å²) in [4.78, 5) is 0. The van der Waals surface area contributed by atoms with Crippen LogP contribution in [-0.2, 0) is 6.42 Å². The first-order valence-corrected chi connectivity index (χ1v) is 6.81. The number of nitrogens with two attached hydrogens (primary N) is 1. The molecule has 0 aromatic heterocycles. The standard InChI is InChI=1S/C17H20FNO/c1-12(19)8-14-9-16(18)11-17(10-14)20-13(2)15-6-4-3-5-7-15/h3-7,9-13H,8,19H2,1-2H3. The van der Waals surface area contributed by atoms with E-state index in [0.29, 0.717) is 12.2 Å².